The van der Waals surface area contributed by atoms with E-state index in [4.69, 9.17) is 5.73 Å². The van der Waals surface area contributed by atoms with Gasteiger partial charge in [-0.2, -0.15) is 0 Å². The highest BCUT2D eigenvalue weighted by Gasteiger charge is 2.19. The van der Waals surface area contributed by atoms with E-state index in [-0.39, 0.29) is 5.54 Å². The van der Waals surface area contributed by atoms with E-state index in [9.17, 15) is 0 Å². The zero-order valence-corrected chi connectivity index (χ0v) is 8.60. The Balaban J connectivity index is 3.28. The molecule has 1 heterocycles. The van der Waals surface area contributed by atoms with Crippen molar-refractivity contribution in [1.82, 2.24) is 4.57 Å². The minimum Gasteiger partial charge on any atom is -0.352 e. The van der Waals surface area contributed by atoms with Gasteiger partial charge >= 0.3 is 0 Å². The number of hydrogen-bond acceptors (Lipinski definition) is 1. The Morgan fingerprint density at radius 2 is 1.83 bits per heavy atom. The van der Waals surface area contributed by atoms with E-state index in [1.165, 1.54) is 17.0 Å². The summed E-state index contributed by atoms with van der Waals surface area (Å²) < 4.78 is 2.17. The number of aromatic nitrogens is 1. The highest BCUT2D eigenvalue weighted by Crippen LogP contribution is 2.23. The fraction of sp³-hybridized carbons (Fsp3) is 0.600. The highest BCUT2D eigenvalue weighted by molar-refractivity contribution is 5.31. The van der Waals surface area contributed by atoms with Crippen LogP contribution >= 0.6 is 0 Å². The minimum absolute atomic E-state index is 0.226. The van der Waals surface area contributed by atoms with Gasteiger partial charge in [0.05, 0.1) is 0 Å². The van der Waals surface area contributed by atoms with Crippen LogP contribution in [0.2, 0.25) is 0 Å². The van der Waals surface area contributed by atoms with Gasteiger partial charge in [-0.3, -0.25) is 0 Å². The molecule has 0 aromatic carbocycles. The Morgan fingerprint density at radius 1 is 1.33 bits per heavy atom. The summed E-state index contributed by atoms with van der Waals surface area (Å²) >= 11 is 0. The summed E-state index contributed by atoms with van der Waals surface area (Å²) in [5.41, 5.74) is 9.57. The maximum absolute atomic E-state index is 6.03. The fourth-order valence-corrected chi connectivity index (χ4v) is 1.51. The van der Waals surface area contributed by atoms with Gasteiger partial charge in [0, 0.05) is 24.0 Å². The average Bonchev–Trinajstić information content (AvgIpc) is 2.15. The van der Waals surface area contributed by atoms with Crippen LogP contribution in [0.5, 0.6) is 0 Å². The monoisotopic (exact) mass is 166 g/mol. The van der Waals surface area contributed by atoms with Crippen LogP contribution in [-0.2, 0) is 12.6 Å². The molecule has 0 aliphatic carbocycles. The van der Waals surface area contributed by atoms with Crippen molar-refractivity contribution >= 4 is 0 Å². The van der Waals surface area contributed by atoms with E-state index in [0.717, 1.165) is 0 Å². The first kappa shape index (κ1) is 9.33. The molecule has 0 spiro atoms. The van der Waals surface area contributed by atoms with Gasteiger partial charge in [-0.1, -0.05) is 0 Å². The second kappa shape index (κ2) is 2.63. The molecule has 0 aliphatic rings. The first-order valence-corrected chi connectivity index (χ1v) is 4.26. The molecule has 12 heavy (non-hydrogen) atoms. The summed E-state index contributed by atoms with van der Waals surface area (Å²) in [4.78, 5) is 0. The Hall–Kier alpha value is -0.760. The number of nitrogens with two attached hydrogens (primary N) is 1. The molecule has 1 rings (SSSR count). The Morgan fingerprint density at radius 3 is 2.00 bits per heavy atom. The Kier molecular flexibility index (Phi) is 2.04. The molecule has 0 aliphatic heterocycles. The second-order valence-corrected chi connectivity index (χ2v) is 4.07. The van der Waals surface area contributed by atoms with Crippen LogP contribution in [-0.4, -0.2) is 4.57 Å². The van der Waals surface area contributed by atoms with Gasteiger partial charge in [0.2, 0.25) is 0 Å². The van der Waals surface area contributed by atoms with E-state index >= 15 is 0 Å². The molecular weight excluding hydrogens is 148 g/mol. The van der Waals surface area contributed by atoms with Crippen LogP contribution < -0.4 is 5.73 Å². The molecule has 0 saturated heterocycles. The Labute approximate surface area is 74.4 Å². The largest absolute Gasteiger partial charge is 0.352 e. The zero-order valence-electron chi connectivity index (χ0n) is 8.60. The fourth-order valence-electron chi connectivity index (χ4n) is 1.51. The molecule has 1 aromatic rings. The molecule has 2 heteroatoms. The smallest absolute Gasteiger partial charge is 0.0370 e. The summed E-state index contributed by atoms with van der Waals surface area (Å²) in [6, 6.07) is 2.16. The number of nitrogens with zero attached hydrogens (tertiary/aromatic N) is 1. The maximum Gasteiger partial charge on any atom is 0.0370 e. The van der Waals surface area contributed by atoms with Gasteiger partial charge in [-0.25, -0.2) is 0 Å². The topological polar surface area (TPSA) is 30.9 Å². The van der Waals surface area contributed by atoms with E-state index in [2.05, 4.69) is 31.5 Å². The molecular formula is C10H18N2. The van der Waals surface area contributed by atoms with Crippen molar-refractivity contribution in [2.24, 2.45) is 12.8 Å². The van der Waals surface area contributed by atoms with Crippen molar-refractivity contribution in [2.75, 3.05) is 0 Å². The van der Waals surface area contributed by atoms with Crippen LogP contribution in [0.25, 0.3) is 0 Å². The molecule has 0 unspecified atom stereocenters. The molecule has 68 valence electrons. The van der Waals surface area contributed by atoms with Gasteiger partial charge in [0.1, 0.15) is 0 Å². The van der Waals surface area contributed by atoms with Gasteiger partial charge in [0.25, 0.3) is 0 Å². The highest BCUT2D eigenvalue weighted by atomic mass is 15.0. The molecule has 0 bridgehead atoms. The molecule has 2 nitrogen and oxygen atoms in total. The van der Waals surface area contributed by atoms with Crippen molar-refractivity contribution in [1.29, 1.82) is 0 Å². The van der Waals surface area contributed by atoms with Gasteiger partial charge in [-0.15, -0.1) is 0 Å². The molecule has 0 saturated carbocycles. The maximum atomic E-state index is 6.03. The van der Waals surface area contributed by atoms with Crippen LogP contribution in [0.3, 0.4) is 0 Å². The number of rotatable bonds is 1. The van der Waals surface area contributed by atoms with Crippen LogP contribution in [0.4, 0.5) is 0 Å². The third-order valence-corrected chi connectivity index (χ3v) is 2.47. The molecule has 0 amide bonds. The molecule has 1 aromatic heterocycles. The zero-order chi connectivity index (χ0) is 9.52. The van der Waals surface area contributed by atoms with Crippen molar-refractivity contribution in [2.45, 2.75) is 33.2 Å². The van der Waals surface area contributed by atoms with E-state index in [1.54, 1.807) is 0 Å². The van der Waals surface area contributed by atoms with Crippen molar-refractivity contribution in [3.05, 3.63) is 23.0 Å². The molecule has 0 radical (unpaired) electrons. The number of aryl methyl sites for hydroxylation is 1. The predicted octanol–water partition coefficient (Wildman–Crippen LogP) is 1.84. The summed E-state index contributed by atoms with van der Waals surface area (Å²) in [5, 5.41) is 0. The standard InChI is InChI=1S/C10H18N2/c1-7-6-9(10(3,4)11)8(2)12(7)5/h6H,11H2,1-5H3. The summed E-state index contributed by atoms with van der Waals surface area (Å²) in [5.74, 6) is 0. The minimum atomic E-state index is -0.226. The first-order valence-electron chi connectivity index (χ1n) is 4.26. The van der Waals surface area contributed by atoms with Gasteiger partial charge in [0.15, 0.2) is 0 Å². The van der Waals surface area contributed by atoms with Crippen LogP contribution in [0.15, 0.2) is 6.07 Å². The Bertz CT molecular complexity index is 290. The lowest BCUT2D eigenvalue weighted by atomic mass is 9.96. The van der Waals surface area contributed by atoms with Crippen LogP contribution in [0.1, 0.15) is 30.8 Å². The van der Waals surface area contributed by atoms with Crippen LogP contribution in [0, 0.1) is 13.8 Å². The van der Waals surface area contributed by atoms with Gasteiger partial charge < -0.3 is 10.3 Å². The van der Waals surface area contributed by atoms with Crippen molar-refractivity contribution in [3.63, 3.8) is 0 Å². The lowest BCUT2D eigenvalue weighted by molar-refractivity contribution is 0.548. The summed E-state index contributed by atoms with van der Waals surface area (Å²) in [6.07, 6.45) is 0. The third-order valence-electron chi connectivity index (χ3n) is 2.47. The summed E-state index contributed by atoms with van der Waals surface area (Å²) in [7, 11) is 2.07. The SMILES string of the molecule is Cc1cc(C(C)(C)N)c(C)n1C. The van der Waals surface area contributed by atoms with Crippen molar-refractivity contribution < 1.29 is 0 Å². The average molecular weight is 166 g/mol. The quantitative estimate of drug-likeness (QED) is 0.678. The molecule has 0 fully saturated rings. The lowest BCUT2D eigenvalue weighted by Gasteiger charge is -2.18. The van der Waals surface area contributed by atoms with Gasteiger partial charge in [-0.05, 0) is 39.3 Å². The second-order valence-electron chi connectivity index (χ2n) is 4.07. The number of hydrogen-bond donors (Lipinski definition) is 1. The predicted molar refractivity (Wildman–Crippen MR) is 52.1 cm³/mol. The summed E-state index contributed by atoms with van der Waals surface area (Å²) in [6.45, 7) is 8.28. The molecule has 0 atom stereocenters. The van der Waals surface area contributed by atoms with E-state index < -0.39 is 0 Å². The molecule has 2 N–H and O–H groups in total. The first-order chi connectivity index (χ1) is 5.34. The van der Waals surface area contributed by atoms with E-state index in [1.807, 2.05) is 13.8 Å². The van der Waals surface area contributed by atoms with Crippen molar-refractivity contribution in [3.8, 4) is 0 Å². The normalized spacial score (nSPS) is 12.2. The third kappa shape index (κ3) is 1.39. The van der Waals surface area contributed by atoms with E-state index in [0.29, 0.717) is 0 Å². The lowest BCUT2D eigenvalue weighted by Crippen LogP contribution is -2.29.